The van der Waals surface area contributed by atoms with Crippen LogP contribution in [0.3, 0.4) is 0 Å². The predicted octanol–water partition coefficient (Wildman–Crippen LogP) is 3.59. The summed E-state index contributed by atoms with van der Waals surface area (Å²) in [6.07, 6.45) is 1.38. The molecule has 7 atom stereocenters. The Morgan fingerprint density at radius 1 is 1.34 bits per heavy atom. The lowest BCUT2D eigenvalue weighted by molar-refractivity contribution is -0.142. The summed E-state index contributed by atoms with van der Waals surface area (Å²) < 4.78 is -0.772. The molecule has 3 heterocycles. The molecule has 10 heteroatoms. The third-order valence-corrected chi connectivity index (χ3v) is 11.1. The van der Waals surface area contributed by atoms with Crippen molar-refractivity contribution in [3.05, 3.63) is 28.8 Å². The van der Waals surface area contributed by atoms with E-state index < -0.39 is 28.7 Å². The molecular formula is C25H33BrClN3O4S. The number of thioether (sulfide) groups is 1. The van der Waals surface area contributed by atoms with Crippen LogP contribution in [-0.2, 0) is 14.4 Å². The van der Waals surface area contributed by atoms with E-state index in [4.69, 9.17) is 11.6 Å². The zero-order valence-corrected chi connectivity index (χ0v) is 23.5. The minimum absolute atomic E-state index is 0.00199. The second-order valence-electron chi connectivity index (χ2n) is 10.1. The summed E-state index contributed by atoms with van der Waals surface area (Å²) in [6.45, 7) is 7.98. The lowest BCUT2D eigenvalue weighted by atomic mass is 9.70. The first-order valence-corrected chi connectivity index (χ1v) is 14.3. The maximum atomic E-state index is 14.1. The maximum absolute atomic E-state index is 14.1. The molecule has 4 rings (SSSR count). The largest absolute Gasteiger partial charge is 0.394 e. The predicted molar refractivity (Wildman–Crippen MR) is 143 cm³/mol. The summed E-state index contributed by atoms with van der Waals surface area (Å²) >= 11 is 11.8. The normalized spacial score (nSPS) is 32.2. The summed E-state index contributed by atoms with van der Waals surface area (Å²) in [5.74, 6) is -1.93. The Hall–Kier alpha value is -1.29. The summed E-state index contributed by atoms with van der Waals surface area (Å²) in [4.78, 5) is 42.9. The number of nitrogens with one attached hydrogen (secondary N) is 2. The zero-order valence-electron chi connectivity index (χ0n) is 20.4. The number of carbonyl (C=O) groups excluding carboxylic acids is 3. The Bertz CT molecular complexity index is 1010. The van der Waals surface area contributed by atoms with E-state index in [-0.39, 0.29) is 40.3 Å². The van der Waals surface area contributed by atoms with E-state index in [0.717, 1.165) is 12.0 Å². The average Bonchev–Trinajstić information content (AvgIpc) is 3.39. The van der Waals surface area contributed by atoms with Gasteiger partial charge in [0.05, 0.1) is 39.9 Å². The first-order valence-electron chi connectivity index (χ1n) is 12.2. The molecule has 1 aromatic carbocycles. The van der Waals surface area contributed by atoms with E-state index in [1.165, 1.54) is 0 Å². The highest BCUT2D eigenvalue weighted by atomic mass is 79.9. The molecule has 3 fully saturated rings. The Balaban J connectivity index is 1.79. The number of anilines is 1. The smallest absolute Gasteiger partial charge is 0.248 e. The third kappa shape index (κ3) is 4.30. The van der Waals surface area contributed by atoms with Crippen molar-refractivity contribution in [3.8, 4) is 0 Å². The number of benzene rings is 1. The summed E-state index contributed by atoms with van der Waals surface area (Å²) in [5, 5.41) is 16.6. The number of aliphatic hydroxyl groups is 1. The lowest BCUT2D eigenvalue weighted by Crippen LogP contribution is -2.56. The number of aliphatic hydroxyl groups excluding tert-OH is 1. The molecule has 7 nitrogen and oxygen atoms in total. The number of para-hydroxylation sites is 1. The van der Waals surface area contributed by atoms with E-state index in [2.05, 4.69) is 26.6 Å². The zero-order chi connectivity index (χ0) is 25.7. The Morgan fingerprint density at radius 2 is 2.06 bits per heavy atom. The van der Waals surface area contributed by atoms with Gasteiger partial charge in [-0.15, -0.1) is 11.8 Å². The van der Waals surface area contributed by atoms with Crippen molar-refractivity contribution in [1.82, 2.24) is 10.2 Å². The van der Waals surface area contributed by atoms with Crippen molar-refractivity contribution in [3.63, 3.8) is 0 Å². The molecule has 0 saturated carbocycles. The number of halogens is 2. The van der Waals surface area contributed by atoms with Crippen LogP contribution in [0, 0.1) is 24.7 Å². The molecule has 0 aromatic heterocycles. The van der Waals surface area contributed by atoms with Crippen molar-refractivity contribution >= 4 is 62.7 Å². The van der Waals surface area contributed by atoms with Crippen molar-refractivity contribution in [2.45, 2.75) is 67.4 Å². The van der Waals surface area contributed by atoms with Gasteiger partial charge in [0, 0.05) is 16.6 Å². The van der Waals surface area contributed by atoms with Gasteiger partial charge in [0.15, 0.2) is 0 Å². The molecule has 2 bridgehead atoms. The SMILES string of the molecule is CCCNC(=O)[C@H]1[C@H]2C(=O)N([C@@H](CO)C(C)C)C(C(=O)Nc3c(C)cccc3Cl)C23CC(Br)[C@@H]1S3. The van der Waals surface area contributed by atoms with Crippen LogP contribution in [0.1, 0.15) is 39.2 Å². The van der Waals surface area contributed by atoms with E-state index >= 15 is 0 Å². The molecule has 1 aromatic rings. The van der Waals surface area contributed by atoms with Gasteiger partial charge in [-0.05, 0) is 37.3 Å². The number of carbonyl (C=O) groups is 3. The second-order valence-corrected chi connectivity index (χ2v) is 13.2. The molecule has 192 valence electrons. The van der Waals surface area contributed by atoms with Crippen molar-refractivity contribution in [2.24, 2.45) is 17.8 Å². The van der Waals surface area contributed by atoms with E-state index in [0.29, 0.717) is 23.7 Å². The number of aryl methyl sites for hydroxylation is 1. The minimum Gasteiger partial charge on any atom is -0.394 e. The standard InChI is InChI=1S/C25H33BrClN3O4S/c1-5-9-28-22(32)17-18-24(34)30(16(11-31)12(2)3)21(25(18)10-14(26)20(17)35-25)23(33)29-19-13(4)7-6-8-15(19)27/h6-8,12,14,16-18,20-21,31H,5,9-11H2,1-4H3,(H,28,32)(H,29,33)/t14?,16-,17-,18-,20-,21?,25?/m0/s1. The molecule has 0 aliphatic carbocycles. The molecule has 1 spiro atoms. The van der Waals surface area contributed by atoms with Gasteiger partial charge in [0.25, 0.3) is 0 Å². The fourth-order valence-electron chi connectivity index (χ4n) is 5.99. The number of fused-ring (bicyclic) bond motifs is 1. The summed E-state index contributed by atoms with van der Waals surface area (Å²) in [7, 11) is 0. The molecule has 3 amide bonds. The highest BCUT2D eigenvalue weighted by Gasteiger charge is 2.76. The highest BCUT2D eigenvalue weighted by Crippen LogP contribution is 2.68. The lowest BCUT2D eigenvalue weighted by Gasteiger charge is -2.38. The van der Waals surface area contributed by atoms with Gasteiger partial charge < -0.3 is 20.6 Å². The Kier molecular flexibility index (Phi) is 7.82. The van der Waals surface area contributed by atoms with E-state index in [1.54, 1.807) is 22.7 Å². The molecule has 3 N–H and O–H groups in total. The Morgan fingerprint density at radius 3 is 2.66 bits per heavy atom. The first kappa shape index (κ1) is 26.8. The van der Waals surface area contributed by atoms with Crippen LogP contribution in [0.2, 0.25) is 5.02 Å². The van der Waals surface area contributed by atoms with Gasteiger partial charge in [-0.3, -0.25) is 14.4 Å². The molecule has 0 radical (unpaired) electrons. The number of rotatable bonds is 8. The molecule has 35 heavy (non-hydrogen) atoms. The fraction of sp³-hybridized carbons (Fsp3) is 0.640. The number of hydrogen-bond acceptors (Lipinski definition) is 5. The van der Waals surface area contributed by atoms with E-state index in [9.17, 15) is 19.5 Å². The number of hydrogen-bond donors (Lipinski definition) is 3. The number of likely N-dealkylation sites (tertiary alicyclic amines) is 1. The third-order valence-electron chi connectivity index (χ3n) is 7.61. The second kappa shape index (κ2) is 10.2. The van der Waals surface area contributed by atoms with Crippen LogP contribution >= 0.6 is 39.3 Å². The first-order chi connectivity index (χ1) is 16.6. The molecule has 3 saturated heterocycles. The maximum Gasteiger partial charge on any atom is 0.248 e. The molecule has 3 unspecified atom stereocenters. The van der Waals surface area contributed by atoms with Crippen LogP contribution in [0.5, 0.6) is 0 Å². The average molecular weight is 587 g/mol. The molecule has 3 aliphatic rings. The van der Waals surface area contributed by atoms with Crippen molar-refractivity contribution in [2.75, 3.05) is 18.5 Å². The minimum atomic E-state index is -0.839. The van der Waals surface area contributed by atoms with Crippen LogP contribution in [-0.4, -0.2) is 67.8 Å². The van der Waals surface area contributed by atoms with Crippen LogP contribution in [0.15, 0.2) is 18.2 Å². The number of nitrogens with zero attached hydrogens (tertiary/aromatic N) is 1. The Labute approximate surface area is 224 Å². The van der Waals surface area contributed by atoms with E-state index in [1.807, 2.05) is 39.8 Å². The van der Waals surface area contributed by atoms with Crippen LogP contribution < -0.4 is 10.6 Å². The molecule has 3 aliphatic heterocycles. The number of amides is 3. The van der Waals surface area contributed by atoms with Gasteiger partial charge in [-0.25, -0.2) is 0 Å². The summed E-state index contributed by atoms with van der Waals surface area (Å²) in [5.41, 5.74) is 1.33. The highest BCUT2D eigenvalue weighted by molar-refractivity contribution is 9.09. The van der Waals surface area contributed by atoms with Crippen molar-refractivity contribution in [1.29, 1.82) is 0 Å². The number of alkyl halides is 1. The van der Waals surface area contributed by atoms with Gasteiger partial charge >= 0.3 is 0 Å². The monoisotopic (exact) mass is 585 g/mol. The van der Waals surface area contributed by atoms with Gasteiger partial charge in [-0.1, -0.05) is 60.4 Å². The van der Waals surface area contributed by atoms with Gasteiger partial charge in [0.1, 0.15) is 6.04 Å². The van der Waals surface area contributed by atoms with Crippen molar-refractivity contribution < 1.29 is 19.5 Å². The topological polar surface area (TPSA) is 98.7 Å². The fourth-order valence-corrected chi connectivity index (χ4v) is 9.86. The van der Waals surface area contributed by atoms with Crippen LogP contribution in [0.25, 0.3) is 0 Å². The molecular weight excluding hydrogens is 554 g/mol. The summed E-state index contributed by atoms with van der Waals surface area (Å²) in [6, 6.07) is 4.01. The van der Waals surface area contributed by atoms with Crippen LogP contribution in [0.4, 0.5) is 5.69 Å². The quantitative estimate of drug-likeness (QED) is 0.405. The van der Waals surface area contributed by atoms with Gasteiger partial charge in [-0.2, -0.15) is 0 Å². The van der Waals surface area contributed by atoms with Gasteiger partial charge in [0.2, 0.25) is 17.7 Å².